The Balaban J connectivity index is 2.03. The zero-order valence-electron chi connectivity index (χ0n) is 22.2. The number of nitrogens with zero attached hydrogens (tertiary/aromatic N) is 2. The molecule has 1 amide bonds. The molecule has 0 unspecified atom stereocenters. The lowest BCUT2D eigenvalue weighted by Crippen LogP contribution is -2.43. The van der Waals surface area contributed by atoms with Gasteiger partial charge in [-0.05, 0) is 63.8 Å². The van der Waals surface area contributed by atoms with Crippen LogP contribution in [0.15, 0.2) is 64.5 Å². The quantitative estimate of drug-likeness (QED) is 0.184. The van der Waals surface area contributed by atoms with Gasteiger partial charge in [0.05, 0.1) is 6.04 Å². The standard InChI is InChI=1S/C29H35N5O4/c1-17-11-18(2)14-21(13-17)25(22-15-19(3)12-20(4)16-22)34-10-6-7-23(27(34)36)26(35)33-24(28(37)38)8-5-9-32-29(30)31/h6-7,10-16,24-25H,5,8-9H2,1-4H3,(H,33,35)(H,37,38)(H4,30,31,32)/t24-/m0/s1. The van der Waals surface area contributed by atoms with Crippen LogP contribution in [0.1, 0.15) is 62.6 Å². The van der Waals surface area contributed by atoms with E-state index >= 15 is 0 Å². The first-order valence-electron chi connectivity index (χ1n) is 12.4. The molecule has 0 fully saturated rings. The largest absolute Gasteiger partial charge is 0.480 e. The monoisotopic (exact) mass is 517 g/mol. The average molecular weight is 518 g/mol. The van der Waals surface area contributed by atoms with Crippen LogP contribution in [0.5, 0.6) is 0 Å². The maximum Gasteiger partial charge on any atom is 0.326 e. The second-order valence-electron chi connectivity index (χ2n) is 9.69. The fourth-order valence-electron chi connectivity index (χ4n) is 4.73. The number of carboxylic acids is 1. The molecule has 3 rings (SSSR count). The highest BCUT2D eigenvalue weighted by Crippen LogP contribution is 2.29. The third kappa shape index (κ3) is 7.09. The molecule has 3 aromatic rings. The van der Waals surface area contributed by atoms with Crippen LogP contribution in [0, 0.1) is 27.7 Å². The SMILES string of the molecule is Cc1cc(C)cc(C(c2cc(C)cc(C)c2)n2cccc(C(=O)N[C@@H](CCCN=C(N)N)C(=O)O)c2=O)c1. The number of guanidine groups is 1. The fourth-order valence-corrected chi connectivity index (χ4v) is 4.73. The van der Waals surface area contributed by atoms with Gasteiger partial charge in [0.15, 0.2) is 5.96 Å². The number of pyridine rings is 1. The first-order chi connectivity index (χ1) is 18.0. The predicted octanol–water partition coefficient (Wildman–Crippen LogP) is 2.96. The molecule has 1 atom stereocenters. The van der Waals surface area contributed by atoms with Crippen molar-refractivity contribution in [1.29, 1.82) is 0 Å². The Morgan fingerprint density at radius 3 is 1.95 bits per heavy atom. The minimum absolute atomic E-state index is 0.0899. The fraction of sp³-hybridized carbons (Fsp3) is 0.310. The molecule has 9 heteroatoms. The van der Waals surface area contributed by atoms with Crippen molar-refractivity contribution in [1.82, 2.24) is 9.88 Å². The van der Waals surface area contributed by atoms with Crippen molar-refractivity contribution in [3.8, 4) is 0 Å². The highest BCUT2D eigenvalue weighted by atomic mass is 16.4. The molecule has 0 aliphatic heterocycles. The lowest BCUT2D eigenvalue weighted by Gasteiger charge is -2.24. The molecule has 9 nitrogen and oxygen atoms in total. The zero-order valence-corrected chi connectivity index (χ0v) is 22.2. The van der Waals surface area contributed by atoms with Gasteiger partial charge in [-0.15, -0.1) is 0 Å². The van der Waals surface area contributed by atoms with Crippen LogP contribution in [0.25, 0.3) is 0 Å². The summed E-state index contributed by atoms with van der Waals surface area (Å²) in [6.07, 6.45) is 2.10. The summed E-state index contributed by atoms with van der Waals surface area (Å²) < 4.78 is 1.53. The van der Waals surface area contributed by atoms with E-state index in [4.69, 9.17) is 11.5 Å². The van der Waals surface area contributed by atoms with E-state index in [1.165, 1.54) is 10.6 Å². The second-order valence-corrected chi connectivity index (χ2v) is 9.69. The van der Waals surface area contributed by atoms with E-state index in [9.17, 15) is 19.5 Å². The molecule has 0 aliphatic carbocycles. The highest BCUT2D eigenvalue weighted by molar-refractivity contribution is 5.96. The summed E-state index contributed by atoms with van der Waals surface area (Å²) in [4.78, 5) is 42.5. The number of nitrogens with two attached hydrogens (primary N) is 2. The van der Waals surface area contributed by atoms with Gasteiger partial charge in [0.1, 0.15) is 11.6 Å². The number of amides is 1. The van der Waals surface area contributed by atoms with Crippen molar-refractivity contribution in [2.24, 2.45) is 16.5 Å². The second kappa shape index (κ2) is 12.2. The molecule has 0 saturated carbocycles. The molecule has 200 valence electrons. The van der Waals surface area contributed by atoms with Crippen LogP contribution in [0.3, 0.4) is 0 Å². The van der Waals surface area contributed by atoms with Crippen molar-refractivity contribution in [3.05, 3.63) is 104 Å². The number of carbonyl (C=O) groups excluding carboxylic acids is 1. The van der Waals surface area contributed by atoms with Crippen molar-refractivity contribution >= 4 is 17.8 Å². The summed E-state index contributed by atoms with van der Waals surface area (Å²) in [7, 11) is 0. The molecule has 0 aliphatic rings. The molecule has 6 N–H and O–H groups in total. The minimum atomic E-state index is -1.21. The van der Waals surface area contributed by atoms with E-state index in [0.717, 1.165) is 33.4 Å². The van der Waals surface area contributed by atoms with E-state index in [-0.39, 0.29) is 24.5 Å². The number of hydrogen-bond acceptors (Lipinski definition) is 4. The van der Waals surface area contributed by atoms with Gasteiger partial charge < -0.3 is 26.5 Å². The summed E-state index contributed by atoms with van der Waals surface area (Å²) >= 11 is 0. The Hall–Kier alpha value is -4.40. The lowest BCUT2D eigenvalue weighted by molar-refractivity contribution is -0.139. The summed E-state index contributed by atoms with van der Waals surface area (Å²) in [5, 5.41) is 12.1. The van der Waals surface area contributed by atoms with Crippen LogP contribution in [-0.4, -0.2) is 40.1 Å². The van der Waals surface area contributed by atoms with E-state index < -0.39 is 29.5 Å². The van der Waals surface area contributed by atoms with E-state index in [0.29, 0.717) is 6.42 Å². The number of benzene rings is 2. The van der Waals surface area contributed by atoms with Crippen LogP contribution in [0.4, 0.5) is 0 Å². The summed E-state index contributed by atoms with van der Waals surface area (Å²) in [5.41, 5.74) is 16.0. The molecule has 0 radical (unpaired) electrons. The number of carboxylic acid groups (broad SMARTS) is 1. The van der Waals surface area contributed by atoms with Crippen LogP contribution < -0.4 is 22.3 Å². The van der Waals surface area contributed by atoms with E-state index in [1.807, 2.05) is 52.0 Å². The predicted molar refractivity (Wildman–Crippen MR) is 149 cm³/mol. The smallest absolute Gasteiger partial charge is 0.326 e. The molecular weight excluding hydrogens is 482 g/mol. The highest BCUT2D eigenvalue weighted by Gasteiger charge is 2.25. The number of hydrogen-bond donors (Lipinski definition) is 4. The Labute approximate surface area is 222 Å². The molecule has 38 heavy (non-hydrogen) atoms. The Kier molecular flexibility index (Phi) is 9.07. The Morgan fingerprint density at radius 1 is 0.947 bits per heavy atom. The molecular formula is C29H35N5O4. The van der Waals surface area contributed by atoms with Gasteiger partial charge in [-0.1, -0.05) is 58.7 Å². The lowest BCUT2D eigenvalue weighted by atomic mass is 9.93. The van der Waals surface area contributed by atoms with Crippen LogP contribution >= 0.6 is 0 Å². The maximum atomic E-state index is 13.7. The van der Waals surface area contributed by atoms with Gasteiger partial charge in [-0.2, -0.15) is 0 Å². The number of carbonyl (C=O) groups is 2. The zero-order chi connectivity index (χ0) is 28.0. The van der Waals surface area contributed by atoms with Gasteiger partial charge in [0.2, 0.25) is 0 Å². The normalized spacial score (nSPS) is 11.7. The number of aliphatic carboxylic acids is 1. The first kappa shape index (κ1) is 28.2. The van der Waals surface area contributed by atoms with Crippen molar-refractivity contribution in [2.75, 3.05) is 6.54 Å². The van der Waals surface area contributed by atoms with Crippen molar-refractivity contribution in [3.63, 3.8) is 0 Å². The molecule has 1 aromatic heterocycles. The molecule has 0 spiro atoms. The third-order valence-electron chi connectivity index (χ3n) is 6.17. The summed E-state index contributed by atoms with van der Waals surface area (Å²) in [5.74, 6) is -2.05. The molecule has 0 saturated heterocycles. The summed E-state index contributed by atoms with van der Waals surface area (Å²) in [6, 6.07) is 13.6. The van der Waals surface area contributed by atoms with Gasteiger partial charge in [0.25, 0.3) is 11.5 Å². The topological polar surface area (TPSA) is 153 Å². The molecule has 2 aromatic carbocycles. The van der Waals surface area contributed by atoms with Gasteiger partial charge in [-0.3, -0.25) is 14.6 Å². The first-order valence-corrected chi connectivity index (χ1v) is 12.4. The maximum absolute atomic E-state index is 13.7. The average Bonchev–Trinajstić information content (AvgIpc) is 2.80. The van der Waals surface area contributed by atoms with Crippen LogP contribution in [-0.2, 0) is 4.79 Å². The molecule has 1 heterocycles. The van der Waals surface area contributed by atoms with Crippen molar-refractivity contribution < 1.29 is 14.7 Å². The van der Waals surface area contributed by atoms with Crippen molar-refractivity contribution in [2.45, 2.75) is 52.6 Å². The molecule has 0 bridgehead atoms. The van der Waals surface area contributed by atoms with Crippen LogP contribution in [0.2, 0.25) is 0 Å². The van der Waals surface area contributed by atoms with E-state index in [1.54, 1.807) is 12.3 Å². The van der Waals surface area contributed by atoms with Gasteiger partial charge in [-0.25, -0.2) is 4.79 Å². The number of aromatic nitrogens is 1. The van der Waals surface area contributed by atoms with Gasteiger partial charge >= 0.3 is 5.97 Å². The van der Waals surface area contributed by atoms with Gasteiger partial charge in [0, 0.05) is 12.7 Å². The number of aryl methyl sites for hydroxylation is 4. The Morgan fingerprint density at radius 2 is 1.47 bits per heavy atom. The third-order valence-corrected chi connectivity index (χ3v) is 6.17. The number of rotatable bonds is 10. The number of nitrogens with one attached hydrogen (secondary N) is 1. The summed E-state index contributed by atoms with van der Waals surface area (Å²) in [6.45, 7) is 8.23. The Bertz CT molecular complexity index is 1330. The van der Waals surface area contributed by atoms with E-state index in [2.05, 4.69) is 22.4 Å². The number of aliphatic imine (C=N–C) groups is 1. The minimum Gasteiger partial charge on any atom is -0.480 e.